The number of hydrogen-bond donors (Lipinski definition) is 0. The molecule has 0 aromatic carbocycles. The number of hydrogen-bond acceptors (Lipinski definition) is 3. The molecule has 11 heavy (non-hydrogen) atoms. The molecular weight excluding hydrogens is 170 g/mol. The van der Waals surface area contributed by atoms with Crippen molar-refractivity contribution in [2.24, 2.45) is 0 Å². The lowest BCUT2D eigenvalue weighted by atomic mass is 11.7. The van der Waals surface area contributed by atoms with Gasteiger partial charge in [-0.15, -0.1) is 0 Å². The van der Waals surface area contributed by atoms with Crippen LogP contribution in [0.15, 0.2) is 0 Å². The van der Waals surface area contributed by atoms with Crippen molar-refractivity contribution >= 4 is 29.2 Å². The van der Waals surface area contributed by atoms with E-state index < -0.39 is 0 Å². The monoisotopic (exact) mass is 172 g/mol. The summed E-state index contributed by atoms with van der Waals surface area (Å²) in [6, 6.07) is 0. The Balaban J connectivity index is -0.0000000150. The highest BCUT2D eigenvalue weighted by atomic mass is 28.1. The molecule has 0 rings (SSSR count). The molecule has 0 saturated heterocycles. The van der Waals surface area contributed by atoms with Crippen molar-refractivity contribution in [1.82, 2.24) is 0 Å². The number of carbonyl (C=O) groups excluding carboxylic acids is 3. The third-order valence-corrected chi connectivity index (χ3v) is 0. The van der Waals surface area contributed by atoms with Crippen LogP contribution in [-0.2, 0) is 14.4 Å². The second-order valence-electron chi connectivity index (χ2n) is 0.274. The molecule has 8 heteroatoms. The van der Waals surface area contributed by atoms with Crippen molar-refractivity contribution in [2.75, 3.05) is 0 Å². The number of isocyanates is 3. The zero-order valence-electron chi connectivity index (χ0n) is 5.07. The topological polar surface area (TPSA) is 150 Å². The standard InChI is InChI=1S/3CNO.H2O.Si/c3*2-1-3;;/h;;;1H2;/q3*-1;;. The Morgan fingerprint density at radius 3 is 0.727 bits per heavy atom. The van der Waals surface area contributed by atoms with Crippen LogP contribution in [-0.4, -0.2) is 34.7 Å². The van der Waals surface area contributed by atoms with Crippen molar-refractivity contribution in [3.05, 3.63) is 16.2 Å². The van der Waals surface area contributed by atoms with E-state index in [1.165, 1.54) is 0 Å². The Hall–Kier alpha value is -1.68. The molecule has 0 saturated carbocycles. The summed E-state index contributed by atoms with van der Waals surface area (Å²) in [5, 5.41) is 20.3. The first kappa shape index (κ1) is 34.6. The van der Waals surface area contributed by atoms with E-state index in [9.17, 15) is 0 Å². The fraction of sp³-hybridized carbons (Fsp3) is 0. The highest BCUT2D eigenvalue weighted by Crippen LogP contribution is 0.955. The first-order valence-corrected chi connectivity index (χ1v) is 1.28. The third kappa shape index (κ3) is 117. The lowest BCUT2D eigenvalue weighted by Crippen LogP contribution is -1.13. The molecule has 0 aromatic rings. The van der Waals surface area contributed by atoms with Crippen molar-refractivity contribution in [1.29, 1.82) is 0 Å². The van der Waals surface area contributed by atoms with Gasteiger partial charge in [0.15, 0.2) is 0 Å². The summed E-state index contributed by atoms with van der Waals surface area (Å²) in [6.07, 6.45) is 1.50. The molecule has 0 amide bonds. The number of rotatable bonds is 0. The van der Waals surface area contributed by atoms with E-state index in [-0.39, 0.29) is 16.4 Å². The molecule has 0 spiro atoms. The smallest absolute Gasteiger partial charge is 0 e. The second-order valence-corrected chi connectivity index (χ2v) is 0.274. The van der Waals surface area contributed by atoms with Crippen molar-refractivity contribution in [3.63, 3.8) is 0 Å². The number of nitrogens with zero attached hydrogens (tertiary/aromatic N) is 3. The van der Waals surface area contributed by atoms with Crippen molar-refractivity contribution in [3.8, 4) is 0 Å². The van der Waals surface area contributed by atoms with Gasteiger partial charge in [-0.25, -0.2) is 0 Å². The van der Waals surface area contributed by atoms with E-state index >= 15 is 0 Å². The van der Waals surface area contributed by atoms with E-state index in [0.717, 1.165) is 0 Å². The summed E-state index contributed by atoms with van der Waals surface area (Å²) in [5.41, 5.74) is 0. The van der Waals surface area contributed by atoms with Gasteiger partial charge in [0.25, 0.3) is 0 Å². The lowest BCUT2D eigenvalue weighted by Gasteiger charge is -1.32. The molecule has 7 nitrogen and oxygen atoms in total. The summed E-state index contributed by atoms with van der Waals surface area (Å²) >= 11 is 0. The highest BCUT2D eigenvalue weighted by Gasteiger charge is 0.796. The van der Waals surface area contributed by atoms with Crippen LogP contribution in [0.2, 0.25) is 0 Å². The van der Waals surface area contributed by atoms with Gasteiger partial charge in [-0.1, -0.05) is 0 Å². The molecule has 0 unspecified atom stereocenters. The zero-order chi connectivity index (χ0) is 8.12. The van der Waals surface area contributed by atoms with Gasteiger partial charge in [0.1, 0.15) is 0 Å². The minimum Gasteiger partial charge on any atom is -0.724 e. The van der Waals surface area contributed by atoms with Crippen LogP contribution in [0.3, 0.4) is 0 Å². The van der Waals surface area contributed by atoms with Gasteiger partial charge in [-0.3, -0.25) is 14.4 Å². The van der Waals surface area contributed by atoms with Crippen LogP contribution in [0.4, 0.5) is 0 Å². The molecule has 0 atom stereocenters. The maximum atomic E-state index is 8.24. The Morgan fingerprint density at radius 2 is 0.727 bits per heavy atom. The molecule has 0 aromatic heterocycles. The summed E-state index contributed by atoms with van der Waals surface area (Å²) < 4.78 is 0. The molecule has 0 fully saturated rings. The van der Waals surface area contributed by atoms with Crippen LogP contribution in [0.1, 0.15) is 0 Å². The third-order valence-electron chi connectivity index (χ3n) is 0. The van der Waals surface area contributed by atoms with Crippen LogP contribution >= 0.6 is 0 Å². The fourth-order valence-electron chi connectivity index (χ4n) is 0. The summed E-state index contributed by atoms with van der Waals surface area (Å²) in [5.74, 6) is 0. The van der Waals surface area contributed by atoms with Gasteiger partial charge < -0.3 is 21.7 Å². The molecule has 0 aliphatic heterocycles. The molecule has 60 valence electrons. The fourth-order valence-corrected chi connectivity index (χ4v) is 0. The van der Waals surface area contributed by atoms with Crippen LogP contribution in [0, 0.1) is 0 Å². The van der Waals surface area contributed by atoms with E-state index in [4.69, 9.17) is 30.6 Å². The van der Waals surface area contributed by atoms with Gasteiger partial charge in [0, 0.05) is 11.0 Å². The van der Waals surface area contributed by atoms with Crippen molar-refractivity contribution in [2.45, 2.75) is 0 Å². The summed E-state index contributed by atoms with van der Waals surface area (Å²) in [6.45, 7) is 0. The van der Waals surface area contributed by atoms with E-state index in [1.54, 1.807) is 0 Å². The SMILES string of the molecule is O.[N-]=C=O.[N-]=C=O.[N-]=C=O.[Si]. The Bertz CT molecular complexity index is 112. The molecule has 2 N–H and O–H groups in total. The average molecular weight is 172 g/mol. The Kier molecular flexibility index (Phi) is 807. The van der Waals surface area contributed by atoms with E-state index in [0.29, 0.717) is 18.2 Å². The quantitative estimate of drug-likeness (QED) is 0.247. The molecule has 0 heterocycles. The van der Waals surface area contributed by atoms with Gasteiger partial charge in [0.05, 0.1) is 0 Å². The lowest BCUT2D eigenvalue weighted by molar-refractivity contribution is 0.568. The van der Waals surface area contributed by atoms with Gasteiger partial charge in [-0.2, -0.15) is 0 Å². The highest BCUT2D eigenvalue weighted by molar-refractivity contribution is 5.75. The second kappa shape index (κ2) is 257. The average Bonchev–Trinajstić information content (AvgIpc) is 1.70. The zero-order valence-corrected chi connectivity index (χ0v) is 6.07. The Morgan fingerprint density at radius 1 is 0.727 bits per heavy atom. The first-order valence-electron chi connectivity index (χ1n) is 1.28. The normalized spacial score (nSPS) is 2.18. The predicted octanol–water partition coefficient (Wildman–Crippen LogP) is -1.53. The van der Waals surface area contributed by atoms with Gasteiger partial charge >= 0.3 is 0 Å². The maximum absolute atomic E-state index is 8.24. The molecule has 0 aliphatic carbocycles. The van der Waals surface area contributed by atoms with Gasteiger partial charge in [0.2, 0.25) is 0 Å². The van der Waals surface area contributed by atoms with Gasteiger partial charge in [-0.05, 0) is 18.2 Å². The predicted molar refractivity (Wildman–Crippen MR) is 36.5 cm³/mol. The first-order chi connectivity index (χ1) is 4.24. The summed E-state index contributed by atoms with van der Waals surface area (Å²) in [4.78, 5) is 24.7. The minimum atomic E-state index is 0. The van der Waals surface area contributed by atoms with E-state index in [1.807, 2.05) is 0 Å². The van der Waals surface area contributed by atoms with E-state index in [2.05, 4.69) is 0 Å². The van der Waals surface area contributed by atoms with Crippen LogP contribution in [0.25, 0.3) is 16.2 Å². The van der Waals surface area contributed by atoms with Crippen LogP contribution < -0.4 is 0 Å². The molecule has 0 bridgehead atoms. The Labute approximate surface area is 66.3 Å². The molecule has 0 aliphatic rings. The molecular formula is C3H2N3O4Si-3. The van der Waals surface area contributed by atoms with Crippen LogP contribution in [0.5, 0.6) is 0 Å². The van der Waals surface area contributed by atoms with Crippen molar-refractivity contribution < 1.29 is 19.9 Å². The maximum Gasteiger partial charge on any atom is 0 e. The minimum absolute atomic E-state index is 0. The summed E-state index contributed by atoms with van der Waals surface area (Å²) in [7, 11) is 0. The largest absolute Gasteiger partial charge is 0.724 e. The molecule has 4 radical (unpaired) electrons.